The molecular formula is C15H20N4O4. The van der Waals surface area contributed by atoms with Crippen LogP contribution in [0.2, 0.25) is 0 Å². The molecule has 0 N–H and O–H groups in total. The van der Waals surface area contributed by atoms with Crippen molar-refractivity contribution in [2.45, 2.75) is 31.6 Å². The van der Waals surface area contributed by atoms with Crippen LogP contribution in [0.15, 0.2) is 15.9 Å². The van der Waals surface area contributed by atoms with Gasteiger partial charge in [-0.05, 0) is 12.3 Å². The molecule has 124 valence electrons. The van der Waals surface area contributed by atoms with Crippen molar-refractivity contribution >= 4 is 11.2 Å². The lowest BCUT2D eigenvalue weighted by atomic mass is 10.1. The first-order valence-electron chi connectivity index (χ1n) is 7.89. The predicted molar refractivity (Wildman–Crippen MR) is 82.2 cm³/mol. The average Bonchev–Trinajstić information content (AvgIpc) is 3.24. The van der Waals surface area contributed by atoms with Crippen LogP contribution >= 0.6 is 0 Å². The van der Waals surface area contributed by atoms with Crippen molar-refractivity contribution in [2.24, 2.45) is 20.0 Å². The molecule has 8 heteroatoms. The van der Waals surface area contributed by atoms with Crippen molar-refractivity contribution in [3.8, 4) is 0 Å². The number of rotatable bonds is 2. The lowest BCUT2D eigenvalue weighted by molar-refractivity contribution is -0.152. The number of ether oxygens (including phenoxy) is 2. The molecule has 3 heterocycles. The van der Waals surface area contributed by atoms with Gasteiger partial charge in [0.1, 0.15) is 0 Å². The minimum Gasteiger partial charge on any atom is -0.348 e. The Balaban J connectivity index is 1.71. The second-order valence-corrected chi connectivity index (χ2v) is 6.50. The summed E-state index contributed by atoms with van der Waals surface area (Å²) in [5, 5.41) is 0. The van der Waals surface area contributed by atoms with Gasteiger partial charge < -0.3 is 14.0 Å². The van der Waals surface area contributed by atoms with E-state index in [1.54, 1.807) is 25.0 Å². The summed E-state index contributed by atoms with van der Waals surface area (Å²) in [5.74, 6) is -0.292. The first-order chi connectivity index (χ1) is 11.0. The van der Waals surface area contributed by atoms with Gasteiger partial charge in [-0.15, -0.1) is 0 Å². The van der Waals surface area contributed by atoms with Gasteiger partial charge in [0.25, 0.3) is 5.56 Å². The largest absolute Gasteiger partial charge is 0.348 e. The topological polar surface area (TPSA) is 80.3 Å². The zero-order valence-corrected chi connectivity index (χ0v) is 13.3. The molecule has 1 saturated heterocycles. The summed E-state index contributed by atoms with van der Waals surface area (Å²) < 4.78 is 15.9. The summed E-state index contributed by atoms with van der Waals surface area (Å²) in [6.45, 7) is 1.63. The normalized spacial score (nSPS) is 23.3. The third-order valence-electron chi connectivity index (χ3n) is 4.99. The van der Waals surface area contributed by atoms with E-state index >= 15 is 0 Å². The van der Waals surface area contributed by atoms with Crippen LogP contribution in [0.1, 0.15) is 19.3 Å². The Hall–Kier alpha value is -1.93. The third kappa shape index (κ3) is 2.16. The van der Waals surface area contributed by atoms with Crippen molar-refractivity contribution in [1.82, 2.24) is 18.7 Å². The molecule has 2 aromatic heterocycles. The van der Waals surface area contributed by atoms with Gasteiger partial charge in [-0.2, -0.15) is 0 Å². The fourth-order valence-corrected chi connectivity index (χ4v) is 3.80. The second kappa shape index (κ2) is 5.04. The molecule has 2 aromatic rings. The van der Waals surface area contributed by atoms with E-state index < -0.39 is 5.79 Å². The SMILES string of the molecule is Cn1cnc2c1c(=O)n(CC1CCC3(C1)OCCO3)c(=O)n2C. The zero-order chi connectivity index (χ0) is 16.2. The summed E-state index contributed by atoms with van der Waals surface area (Å²) >= 11 is 0. The minimum atomic E-state index is -0.490. The molecule has 1 unspecified atom stereocenters. The minimum absolute atomic E-state index is 0.198. The third-order valence-corrected chi connectivity index (χ3v) is 4.99. The van der Waals surface area contributed by atoms with Crippen LogP contribution in [0.25, 0.3) is 11.2 Å². The summed E-state index contributed by atoms with van der Waals surface area (Å²) in [6.07, 6.45) is 3.99. The van der Waals surface area contributed by atoms with E-state index in [4.69, 9.17) is 9.47 Å². The standard InChI is InChI=1S/C15H20N4O4/c1-17-9-16-12-11(17)13(20)19(14(21)18(12)2)8-10-3-4-15(7-10)22-5-6-23-15/h9-10H,3-8H2,1-2H3. The quantitative estimate of drug-likeness (QED) is 0.777. The van der Waals surface area contributed by atoms with Crippen molar-refractivity contribution in [2.75, 3.05) is 13.2 Å². The highest BCUT2D eigenvalue weighted by Gasteiger charge is 2.44. The molecule has 0 radical (unpaired) electrons. The van der Waals surface area contributed by atoms with E-state index in [0.717, 1.165) is 19.3 Å². The Labute approximate surface area is 132 Å². The molecule has 23 heavy (non-hydrogen) atoms. The number of aromatic nitrogens is 4. The molecule has 2 aliphatic rings. The molecule has 8 nitrogen and oxygen atoms in total. The maximum Gasteiger partial charge on any atom is 0.332 e. The van der Waals surface area contributed by atoms with Gasteiger partial charge in [-0.3, -0.25) is 13.9 Å². The Morgan fingerprint density at radius 2 is 2.04 bits per heavy atom. The highest BCUT2D eigenvalue weighted by molar-refractivity contribution is 5.69. The Morgan fingerprint density at radius 3 is 2.78 bits per heavy atom. The number of hydrogen-bond acceptors (Lipinski definition) is 5. The van der Waals surface area contributed by atoms with Gasteiger partial charge in [0.2, 0.25) is 0 Å². The van der Waals surface area contributed by atoms with E-state index in [2.05, 4.69) is 4.98 Å². The van der Waals surface area contributed by atoms with Crippen molar-refractivity contribution < 1.29 is 9.47 Å². The molecule has 1 spiro atoms. The number of nitrogens with zero attached hydrogens (tertiary/aromatic N) is 4. The van der Waals surface area contributed by atoms with Gasteiger partial charge in [0, 0.05) is 33.5 Å². The van der Waals surface area contributed by atoms with Crippen molar-refractivity contribution in [3.63, 3.8) is 0 Å². The summed E-state index contributed by atoms with van der Waals surface area (Å²) in [7, 11) is 3.41. The number of imidazole rings is 1. The number of hydrogen-bond donors (Lipinski definition) is 0. The summed E-state index contributed by atoms with van der Waals surface area (Å²) in [4.78, 5) is 29.4. The number of aryl methyl sites for hydroxylation is 2. The first-order valence-corrected chi connectivity index (χ1v) is 7.89. The zero-order valence-electron chi connectivity index (χ0n) is 13.3. The lowest BCUT2D eigenvalue weighted by Crippen LogP contribution is -2.41. The highest BCUT2D eigenvalue weighted by atomic mass is 16.7. The molecule has 1 aliphatic carbocycles. The molecule has 0 amide bonds. The highest BCUT2D eigenvalue weighted by Crippen LogP contribution is 2.41. The molecule has 0 aromatic carbocycles. The molecule has 1 saturated carbocycles. The fraction of sp³-hybridized carbons (Fsp3) is 0.667. The van der Waals surface area contributed by atoms with Crippen molar-refractivity contribution in [3.05, 3.63) is 27.2 Å². The predicted octanol–water partition coefficient (Wildman–Crippen LogP) is -0.0231. The van der Waals surface area contributed by atoms with Gasteiger partial charge in [0.15, 0.2) is 17.0 Å². The van der Waals surface area contributed by atoms with Gasteiger partial charge in [-0.1, -0.05) is 0 Å². The summed E-state index contributed by atoms with van der Waals surface area (Å²) in [6, 6.07) is 0. The van der Waals surface area contributed by atoms with E-state index in [1.165, 1.54) is 9.13 Å². The van der Waals surface area contributed by atoms with E-state index in [1.807, 2.05) is 0 Å². The van der Waals surface area contributed by atoms with Crippen molar-refractivity contribution in [1.29, 1.82) is 0 Å². The Bertz CT molecular complexity index is 872. The number of fused-ring (bicyclic) bond motifs is 1. The van der Waals surface area contributed by atoms with Gasteiger partial charge >= 0.3 is 5.69 Å². The fourth-order valence-electron chi connectivity index (χ4n) is 3.80. The van der Waals surface area contributed by atoms with Gasteiger partial charge in [0.05, 0.1) is 19.5 Å². The van der Waals surface area contributed by atoms with Crippen LogP contribution in [0, 0.1) is 5.92 Å². The molecule has 2 fully saturated rings. The Kier molecular flexibility index (Phi) is 3.21. The Morgan fingerprint density at radius 1 is 1.30 bits per heavy atom. The van der Waals surface area contributed by atoms with Crippen LogP contribution in [-0.2, 0) is 30.1 Å². The second-order valence-electron chi connectivity index (χ2n) is 6.50. The van der Waals surface area contributed by atoms with Crippen LogP contribution in [0.3, 0.4) is 0 Å². The maximum atomic E-state index is 12.7. The van der Waals surface area contributed by atoms with E-state index in [-0.39, 0.29) is 17.2 Å². The first kappa shape index (κ1) is 14.6. The van der Waals surface area contributed by atoms with Crippen LogP contribution < -0.4 is 11.2 Å². The average molecular weight is 320 g/mol. The van der Waals surface area contributed by atoms with E-state index in [0.29, 0.717) is 30.9 Å². The van der Waals surface area contributed by atoms with E-state index in [9.17, 15) is 9.59 Å². The molecular weight excluding hydrogens is 300 g/mol. The van der Waals surface area contributed by atoms with Gasteiger partial charge in [-0.25, -0.2) is 9.78 Å². The molecule has 0 bridgehead atoms. The van der Waals surface area contributed by atoms with Crippen LogP contribution in [0.5, 0.6) is 0 Å². The summed E-state index contributed by atoms with van der Waals surface area (Å²) in [5.41, 5.74) is 0.269. The monoisotopic (exact) mass is 320 g/mol. The van der Waals surface area contributed by atoms with Crippen LogP contribution in [0.4, 0.5) is 0 Å². The van der Waals surface area contributed by atoms with Crippen LogP contribution in [-0.4, -0.2) is 37.7 Å². The lowest BCUT2D eigenvalue weighted by Gasteiger charge is -2.21. The molecule has 1 atom stereocenters. The smallest absolute Gasteiger partial charge is 0.332 e. The maximum absolute atomic E-state index is 12.7. The molecule has 1 aliphatic heterocycles. The molecule has 4 rings (SSSR count).